The fraction of sp³-hybridized carbons (Fsp3) is 0.214. The molecule has 122 valence electrons. The zero-order valence-electron chi connectivity index (χ0n) is 12.1. The topological polar surface area (TPSA) is 71.4 Å². The Morgan fingerprint density at radius 1 is 1.17 bits per heavy atom. The molecule has 0 saturated carbocycles. The number of likely N-dealkylation sites (N-methyl/N-ethyl adjacent to an activating group) is 1. The van der Waals surface area contributed by atoms with Crippen LogP contribution in [0.4, 0.5) is 14.5 Å². The Kier molecular flexibility index (Phi) is 3.59. The van der Waals surface area contributed by atoms with E-state index in [1.807, 2.05) is 4.72 Å². The van der Waals surface area contributed by atoms with Crippen LogP contribution in [0.3, 0.4) is 0 Å². The van der Waals surface area contributed by atoms with Gasteiger partial charge in [0.15, 0.2) is 0 Å². The summed E-state index contributed by atoms with van der Waals surface area (Å²) < 4.78 is 54.9. The lowest BCUT2D eigenvalue weighted by Gasteiger charge is -2.23. The normalized spacial score (nSPS) is 14.7. The van der Waals surface area contributed by atoms with Crippen molar-refractivity contribution in [2.24, 2.45) is 0 Å². The van der Waals surface area contributed by atoms with Gasteiger partial charge in [-0.2, -0.15) is 0 Å². The average Bonchev–Trinajstić information content (AvgIpc) is 2.92. The second-order valence-electron chi connectivity index (χ2n) is 5.21. The van der Waals surface area contributed by atoms with Crippen molar-refractivity contribution in [2.45, 2.75) is 11.4 Å². The molecule has 1 aromatic heterocycles. The standard InChI is InChI=1S/C14H13F2N3O3S/c1-18-4-5-19-8-10(7-13(19)14(18)20)23(21,22)17-12-6-9(15)2-3-11(12)16/h2-3,6-8,17H,4-5H2,1H3. The Balaban J connectivity index is 1.96. The third kappa shape index (κ3) is 2.79. The first kappa shape index (κ1) is 15.5. The molecule has 9 heteroatoms. The molecule has 0 aliphatic carbocycles. The molecule has 1 amide bonds. The third-order valence-electron chi connectivity index (χ3n) is 3.60. The largest absolute Gasteiger partial charge is 0.340 e. The number of nitrogens with zero attached hydrogens (tertiary/aromatic N) is 2. The molecule has 3 rings (SSSR count). The van der Waals surface area contributed by atoms with E-state index >= 15 is 0 Å². The van der Waals surface area contributed by atoms with Crippen LogP contribution in [0, 0.1) is 11.6 Å². The Bertz CT molecular complexity index is 893. The fourth-order valence-electron chi connectivity index (χ4n) is 2.33. The fourth-order valence-corrected chi connectivity index (χ4v) is 3.43. The predicted molar refractivity (Wildman–Crippen MR) is 78.6 cm³/mol. The summed E-state index contributed by atoms with van der Waals surface area (Å²) >= 11 is 0. The highest BCUT2D eigenvalue weighted by Crippen LogP contribution is 2.23. The molecule has 0 unspecified atom stereocenters. The average molecular weight is 341 g/mol. The quantitative estimate of drug-likeness (QED) is 0.923. The van der Waals surface area contributed by atoms with Gasteiger partial charge in [-0.3, -0.25) is 9.52 Å². The summed E-state index contributed by atoms with van der Waals surface area (Å²) in [5.41, 5.74) is -0.253. The molecular weight excluding hydrogens is 328 g/mol. The predicted octanol–water partition coefficient (Wildman–Crippen LogP) is 1.65. The Hall–Kier alpha value is -2.42. The lowest BCUT2D eigenvalue weighted by molar-refractivity contribution is 0.0749. The van der Waals surface area contributed by atoms with E-state index in [1.165, 1.54) is 21.7 Å². The number of sulfonamides is 1. The molecule has 2 heterocycles. The Labute approximate surface area is 131 Å². The summed E-state index contributed by atoms with van der Waals surface area (Å²) in [6.45, 7) is 0.924. The highest BCUT2D eigenvalue weighted by atomic mass is 32.2. The lowest BCUT2D eigenvalue weighted by Crippen LogP contribution is -2.36. The SMILES string of the molecule is CN1CCn2cc(S(=O)(=O)Nc3cc(F)ccc3F)cc2C1=O. The monoisotopic (exact) mass is 341 g/mol. The van der Waals surface area contributed by atoms with Crippen LogP contribution >= 0.6 is 0 Å². The van der Waals surface area contributed by atoms with Gasteiger partial charge in [-0.25, -0.2) is 17.2 Å². The van der Waals surface area contributed by atoms with Crippen molar-refractivity contribution >= 4 is 21.6 Å². The highest BCUT2D eigenvalue weighted by molar-refractivity contribution is 7.92. The van der Waals surface area contributed by atoms with Gasteiger partial charge in [0.25, 0.3) is 15.9 Å². The summed E-state index contributed by atoms with van der Waals surface area (Å²) in [6, 6.07) is 3.69. The molecule has 0 spiro atoms. The van der Waals surface area contributed by atoms with Crippen LogP contribution in [-0.4, -0.2) is 37.4 Å². The molecule has 0 fully saturated rings. The molecule has 0 saturated heterocycles. The third-order valence-corrected chi connectivity index (χ3v) is 4.93. The van der Waals surface area contributed by atoms with Crippen LogP contribution in [0.5, 0.6) is 0 Å². The smallest absolute Gasteiger partial charge is 0.270 e. The molecule has 1 aromatic carbocycles. The number of carbonyl (C=O) groups is 1. The van der Waals surface area contributed by atoms with Crippen molar-refractivity contribution < 1.29 is 22.0 Å². The minimum Gasteiger partial charge on any atom is -0.340 e. The van der Waals surface area contributed by atoms with E-state index in [0.29, 0.717) is 13.1 Å². The Morgan fingerprint density at radius 3 is 2.65 bits per heavy atom. The van der Waals surface area contributed by atoms with Gasteiger partial charge in [-0.15, -0.1) is 0 Å². The first-order chi connectivity index (χ1) is 10.8. The van der Waals surface area contributed by atoms with Gasteiger partial charge < -0.3 is 9.47 Å². The summed E-state index contributed by atoms with van der Waals surface area (Å²) in [4.78, 5) is 13.3. The number of fused-ring (bicyclic) bond motifs is 1. The van der Waals surface area contributed by atoms with E-state index < -0.39 is 27.3 Å². The number of rotatable bonds is 3. The van der Waals surface area contributed by atoms with Crippen molar-refractivity contribution in [1.82, 2.24) is 9.47 Å². The number of carbonyl (C=O) groups excluding carboxylic acids is 1. The maximum atomic E-state index is 13.6. The number of nitrogens with one attached hydrogen (secondary N) is 1. The molecule has 0 bridgehead atoms. The summed E-state index contributed by atoms with van der Waals surface area (Å²) in [5, 5.41) is 0. The van der Waals surface area contributed by atoms with Crippen molar-refractivity contribution in [3.8, 4) is 0 Å². The molecule has 1 N–H and O–H groups in total. The van der Waals surface area contributed by atoms with Crippen LogP contribution < -0.4 is 4.72 Å². The van der Waals surface area contributed by atoms with Crippen LogP contribution in [0.2, 0.25) is 0 Å². The van der Waals surface area contributed by atoms with Gasteiger partial charge >= 0.3 is 0 Å². The second-order valence-corrected chi connectivity index (χ2v) is 6.89. The van der Waals surface area contributed by atoms with E-state index in [1.54, 1.807) is 7.05 Å². The molecule has 0 atom stereocenters. The van der Waals surface area contributed by atoms with Crippen LogP contribution in [0.15, 0.2) is 35.4 Å². The molecule has 0 radical (unpaired) electrons. The van der Waals surface area contributed by atoms with Gasteiger partial charge in [0.2, 0.25) is 0 Å². The molecule has 1 aliphatic rings. The summed E-state index contributed by atoms with van der Waals surface area (Å²) in [7, 11) is -2.52. The van der Waals surface area contributed by atoms with E-state index in [9.17, 15) is 22.0 Å². The minimum absolute atomic E-state index is 0.181. The van der Waals surface area contributed by atoms with Crippen LogP contribution in [0.1, 0.15) is 10.5 Å². The van der Waals surface area contributed by atoms with Crippen molar-refractivity contribution in [3.05, 3.63) is 47.8 Å². The number of halogens is 2. The maximum absolute atomic E-state index is 13.6. The molecular formula is C14H13F2N3O3S. The van der Waals surface area contributed by atoms with E-state index in [2.05, 4.69) is 0 Å². The number of anilines is 1. The minimum atomic E-state index is -4.14. The number of aromatic nitrogens is 1. The van der Waals surface area contributed by atoms with Crippen molar-refractivity contribution in [2.75, 3.05) is 18.3 Å². The lowest BCUT2D eigenvalue weighted by atomic mass is 10.3. The molecule has 23 heavy (non-hydrogen) atoms. The van der Waals surface area contributed by atoms with Gasteiger partial charge in [0.05, 0.1) is 5.69 Å². The second kappa shape index (κ2) is 5.34. The van der Waals surface area contributed by atoms with Crippen LogP contribution in [-0.2, 0) is 16.6 Å². The first-order valence-corrected chi connectivity index (χ1v) is 8.20. The van der Waals surface area contributed by atoms with Gasteiger partial charge in [0, 0.05) is 32.4 Å². The number of benzene rings is 1. The van der Waals surface area contributed by atoms with Crippen molar-refractivity contribution in [3.63, 3.8) is 0 Å². The summed E-state index contributed by atoms with van der Waals surface area (Å²) in [6.07, 6.45) is 1.31. The van der Waals surface area contributed by atoms with E-state index in [0.717, 1.165) is 18.2 Å². The zero-order chi connectivity index (χ0) is 16.8. The molecule has 1 aliphatic heterocycles. The zero-order valence-corrected chi connectivity index (χ0v) is 12.9. The van der Waals surface area contributed by atoms with Gasteiger partial charge in [-0.1, -0.05) is 0 Å². The van der Waals surface area contributed by atoms with Gasteiger partial charge in [0.1, 0.15) is 22.2 Å². The Morgan fingerprint density at radius 2 is 1.91 bits per heavy atom. The van der Waals surface area contributed by atoms with Crippen LogP contribution in [0.25, 0.3) is 0 Å². The van der Waals surface area contributed by atoms with Gasteiger partial charge in [-0.05, 0) is 18.2 Å². The number of hydrogen-bond donors (Lipinski definition) is 1. The highest BCUT2D eigenvalue weighted by Gasteiger charge is 2.27. The molecule has 2 aromatic rings. The first-order valence-electron chi connectivity index (χ1n) is 6.71. The van der Waals surface area contributed by atoms with E-state index in [-0.39, 0.29) is 16.5 Å². The maximum Gasteiger partial charge on any atom is 0.270 e. The van der Waals surface area contributed by atoms with E-state index in [4.69, 9.17) is 0 Å². The summed E-state index contributed by atoms with van der Waals surface area (Å²) in [5.74, 6) is -1.96. The van der Waals surface area contributed by atoms with Crippen molar-refractivity contribution in [1.29, 1.82) is 0 Å². The number of hydrogen-bond acceptors (Lipinski definition) is 3. The number of amides is 1. The molecule has 6 nitrogen and oxygen atoms in total.